The van der Waals surface area contributed by atoms with Crippen LogP contribution in [0.5, 0.6) is 0 Å². The number of ether oxygens (including phenoxy) is 1. The summed E-state index contributed by atoms with van der Waals surface area (Å²) in [6.45, 7) is 8.13. The molecular weight excluding hydrogens is 270 g/mol. The van der Waals surface area contributed by atoms with Gasteiger partial charge in [-0.3, -0.25) is 0 Å². The second-order valence-corrected chi connectivity index (χ2v) is 8.89. The third kappa shape index (κ3) is 5.21. The highest BCUT2D eigenvalue weighted by Gasteiger charge is 2.38. The molecule has 0 aromatic carbocycles. The first kappa shape index (κ1) is 16.6. The van der Waals surface area contributed by atoms with Crippen molar-refractivity contribution in [2.75, 3.05) is 24.7 Å². The molecule has 0 aromatic rings. The van der Waals surface area contributed by atoms with Gasteiger partial charge in [0.15, 0.2) is 0 Å². The van der Waals surface area contributed by atoms with Crippen LogP contribution in [0.4, 0.5) is 0 Å². The van der Waals surface area contributed by atoms with Gasteiger partial charge in [-0.15, -0.1) is 0 Å². The van der Waals surface area contributed by atoms with Crippen molar-refractivity contribution in [3.05, 3.63) is 0 Å². The summed E-state index contributed by atoms with van der Waals surface area (Å²) in [6, 6.07) is 0.515. The number of nitrogens with one attached hydrogen (secondary N) is 1. The molecular formula is C16H31NO2S. The van der Waals surface area contributed by atoms with E-state index in [9.17, 15) is 5.11 Å². The van der Waals surface area contributed by atoms with E-state index in [2.05, 4.69) is 26.1 Å². The van der Waals surface area contributed by atoms with E-state index >= 15 is 0 Å². The Morgan fingerprint density at radius 1 is 1.35 bits per heavy atom. The van der Waals surface area contributed by atoms with E-state index in [1.54, 1.807) is 0 Å². The smallest absolute Gasteiger partial charge is 0.0713 e. The van der Waals surface area contributed by atoms with Crippen LogP contribution in [-0.4, -0.2) is 47.5 Å². The Morgan fingerprint density at radius 3 is 2.70 bits per heavy atom. The van der Waals surface area contributed by atoms with Gasteiger partial charge in [-0.1, -0.05) is 20.8 Å². The van der Waals surface area contributed by atoms with Crippen molar-refractivity contribution >= 4 is 11.8 Å². The summed E-state index contributed by atoms with van der Waals surface area (Å²) in [4.78, 5) is 0. The first-order chi connectivity index (χ1) is 9.39. The van der Waals surface area contributed by atoms with Crippen LogP contribution >= 0.6 is 11.8 Å². The molecule has 1 spiro atoms. The molecule has 2 unspecified atom stereocenters. The van der Waals surface area contributed by atoms with Crippen LogP contribution in [0.25, 0.3) is 0 Å². The lowest BCUT2D eigenvalue weighted by Gasteiger charge is -2.43. The maximum atomic E-state index is 10.1. The van der Waals surface area contributed by atoms with E-state index in [1.165, 1.54) is 24.3 Å². The van der Waals surface area contributed by atoms with E-state index in [4.69, 9.17) is 4.74 Å². The van der Waals surface area contributed by atoms with Crippen molar-refractivity contribution in [1.29, 1.82) is 0 Å². The van der Waals surface area contributed by atoms with Crippen molar-refractivity contribution in [3.8, 4) is 0 Å². The maximum absolute atomic E-state index is 10.1. The maximum Gasteiger partial charge on any atom is 0.0713 e. The van der Waals surface area contributed by atoms with Crippen LogP contribution < -0.4 is 5.32 Å². The third-order valence-electron chi connectivity index (χ3n) is 4.39. The van der Waals surface area contributed by atoms with Gasteiger partial charge in [0.1, 0.15) is 0 Å². The van der Waals surface area contributed by atoms with Crippen LogP contribution in [-0.2, 0) is 4.74 Å². The molecule has 2 heterocycles. The molecule has 118 valence electrons. The lowest BCUT2D eigenvalue weighted by Crippen LogP contribution is -2.50. The van der Waals surface area contributed by atoms with Gasteiger partial charge >= 0.3 is 0 Å². The normalized spacial score (nSPS) is 28.5. The molecule has 0 bridgehead atoms. The van der Waals surface area contributed by atoms with E-state index in [0.717, 1.165) is 25.9 Å². The molecule has 2 aliphatic rings. The van der Waals surface area contributed by atoms with Crippen molar-refractivity contribution < 1.29 is 9.84 Å². The molecule has 3 nitrogen and oxygen atoms in total. The largest absolute Gasteiger partial charge is 0.392 e. The Bertz CT molecular complexity index is 292. The number of hydrogen-bond acceptors (Lipinski definition) is 4. The fourth-order valence-electron chi connectivity index (χ4n) is 3.38. The summed E-state index contributed by atoms with van der Waals surface area (Å²) in [5.74, 6) is 2.47. The molecule has 4 heteroatoms. The minimum atomic E-state index is -0.240. The number of hydrogen-bond donors (Lipinski definition) is 2. The van der Waals surface area contributed by atoms with Crippen LogP contribution in [0.15, 0.2) is 0 Å². The second-order valence-electron chi connectivity index (χ2n) is 7.66. The highest BCUT2D eigenvalue weighted by atomic mass is 32.2. The molecule has 0 saturated carbocycles. The molecule has 2 fully saturated rings. The summed E-state index contributed by atoms with van der Waals surface area (Å²) in [6.07, 6.45) is 5.20. The van der Waals surface area contributed by atoms with Crippen LogP contribution in [0, 0.1) is 5.41 Å². The van der Waals surface area contributed by atoms with Crippen molar-refractivity contribution in [3.63, 3.8) is 0 Å². The molecule has 0 aliphatic carbocycles. The molecule has 0 radical (unpaired) electrons. The summed E-state index contributed by atoms with van der Waals surface area (Å²) in [5, 5.41) is 13.7. The second kappa shape index (κ2) is 6.99. The zero-order valence-electron chi connectivity index (χ0n) is 13.3. The SMILES string of the molecule is CC(C)(C)CC(O)CNC1CCOC2(CCSCC2)C1. The molecule has 0 amide bonds. The van der Waals surface area contributed by atoms with Gasteiger partial charge in [-0.25, -0.2) is 0 Å². The highest BCUT2D eigenvalue weighted by molar-refractivity contribution is 7.99. The van der Waals surface area contributed by atoms with E-state index in [0.29, 0.717) is 12.6 Å². The first-order valence-electron chi connectivity index (χ1n) is 8.02. The van der Waals surface area contributed by atoms with E-state index in [-0.39, 0.29) is 17.1 Å². The molecule has 2 saturated heterocycles. The first-order valence-corrected chi connectivity index (χ1v) is 9.17. The standard InChI is InChI=1S/C16H31NO2S/c1-15(2,3)11-14(18)12-17-13-4-7-19-16(10-13)5-8-20-9-6-16/h13-14,17-18H,4-12H2,1-3H3. The predicted octanol–water partition coefficient (Wildman–Crippen LogP) is 2.82. The molecule has 2 N–H and O–H groups in total. The Kier molecular flexibility index (Phi) is 5.80. The number of thioether (sulfide) groups is 1. The van der Waals surface area contributed by atoms with Crippen LogP contribution in [0.2, 0.25) is 0 Å². The van der Waals surface area contributed by atoms with E-state index in [1.807, 2.05) is 11.8 Å². The topological polar surface area (TPSA) is 41.5 Å². The summed E-state index contributed by atoms with van der Waals surface area (Å²) in [7, 11) is 0. The van der Waals surface area contributed by atoms with Gasteiger partial charge in [0.05, 0.1) is 11.7 Å². The Morgan fingerprint density at radius 2 is 2.05 bits per heavy atom. The summed E-state index contributed by atoms with van der Waals surface area (Å²) < 4.78 is 6.11. The molecule has 2 aliphatic heterocycles. The van der Waals surface area contributed by atoms with Crippen molar-refractivity contribution in [2.24, 2.45) is 5.41 Å². The van der Waals surface area contributed by atoms with Crippen LogP contribution in [0.3, 0.4) is 0 Å². The fraction of sp³-hybridized carbons (Fsp3) is 1.00. The third-order valence-corrected chi connectivity index (χ3v) is 5.37. The molecule has 20 heavy (non-hydrogen) atoms. The number of rotatable bonds is 4. The zero-order valence-corrected chi connectivity index (χ0v) is 14.1. The lowest BCUT2D eigenvalue weighted by atomic mass is 9.85. The average molecular weight is 301 g/mol. The minimum Gasteiger partial charge on any atom is -0.392 e. The van der Waals surface area contributed by atoms with Gasteiger partial charge in [0.2, 0.25) is 0 Å². The zero-order chi connectivity index (χ0) is 14.6. The summed E-state index contributed by atoms with van der Waals surface area (Å²) >= 11 is 2.05. The van der Waals surface area contributed by atoms with Crippen molar-refractivity contribution in [2.45, 2.75) is 70.6 Å². The lowest BCUT2D eigenvalue weighted by molar-refractivity contribution is -0.0940. The Labute approximate surface area is 128 Å². The number of aliphatic hydroxyl groups is 1. The van der Waals surface area contributed by atoms with Gasteiger partial charge in [0.25, 0.3) is 0 Å². The summed E-state index contributed by atoms with van der Waals surface area (Å²) in [5.41, 5.74) is 0.328. The Hall–Kier alpha value is 0.230. The van der Waals surface area contributed by atoms with Crippen molar-refractivity contribution in [1.82, 2.24) is 5.32 Å². The molecule has 2 rings (SSSR count). The molecule has 0 aromatic heterocycles. The average Bonchev–Trinajstić information content (AvgIpc) is 2.35. The molecule has 2 atom stereocenters. The van der Waals surface area contributed by atoms with Gasteiger partial charge in [-0.05, 0) is 49.0 Å². The number of aliphatic hydroxyl groups excluding tert-OH is 1. The van der Waals surface area contributed by atoms with Gasteiger partial charge in [-0.2, -0.15) is 11.8 Å². The highest BCUT2D eigenvalue weighted by Crippen LogP contribution is 2.37. The van der Waals surface area contributed by atoms with Crippen LogP contribution in [0.1, 0.15) is 52.9 Å². The van der Waals surface area contributed by atoms with Gasteiger partial charge in [0, 0.05) is 19.2 Å². The quantitative estimate of drug-likeness (QED) is 0.838. The minimum absolute atomic E-state index is 0.135. The van der Waals surface area contributed by atoms with E-state index < -0.39 is 0 Å². The monoisotopic (exact) mass is 301 g/mol. The fourth-order valence-corrected chi connectivity index (χ4v) is 4.61. The predicted molar refractivity (Wildman–Crippen MR) is 86.3 cm³/mol. The van der Waals surface area contributed by atoms with Gasteiger partial charge < -0.3 is 15.2 Å². The Balaban J connectivity index is 1.75.